The van der Waals surface area contributed by atoms with E-state index in [4.69, 9.17) is 0 Å². The second-order valence-electron chi connectivity index (χ2n) is 5.51. The molecule has 1 saturated carbocycles. The Morgan fingerprint density at radius 1 is 1.28 bits per heavy atom. The monoisotopic (exact) mass is 254 g/mol. The molecule has 18 heavy (non-hydrogen) atoms. The van der Waals surface area contributed by atoms with Crippen LogP contribution < -0.4 is 5.32 Å². The van der Waals surface area contributed by atoms with Crippen molar-refractivity contribution in [3.8, 4) is 0 Å². The molecule has 0 aromatic heterocycles. The molecule has 0 aromatic rings. The lowest BCUT2D eigenvalue weighted by Gasteiger charge is -2.32. The zero-order valence-corrected chi connectivity index (χ0v) is 12.0. The van der Waals surface area contributed by atoms with Gasteiger partial charge in [0.2, 0.25) is 5.91 Å². The predicted octanol–water partition coefficient (Wildman–Crippen LogP) is 1.45. The summed E-state index contributed by atoms with van der Waals surface area (Å²) in [4.78, 5) is 25.2. The molecular weight excluding hydrogens is 228 g/mol. The largest absolute Gasteiger partial charge is 0.336 e. The molecule has 0 heterocycles. The van der Waals surface area contributed by atoms with Crippen molar-refractivity contribution in [2.75, 3.05) is 20.6 Å². The summed E-state index contributed by atoms with van der Waals surface area (Å²) in [5, 5.41) is 3.20. The van der Waals surface area contributed by atoms with E-state index in [1.807, 2.05) is 7.05 Å². The molecule has 0 bridgehead atoms. The molecule has 1 unspecified atom stereocenters. The Balaban J connectivity index is 2.47. The van der Waals surface area contributed by atoms with Crippen molar-refractivity contribution in [1.29, 1.82) is 0 Å². The van der Waals surface area contributed by atoms with E-state index in [1.165, 1.54) is 6.92 Å². The smallest absolute Gasteiger partial charge is 0.226 e. The minimum absolute atomic E-state index is 0.0507. The van der Waals surface area contributed by atoms with Crippen LogP contribution in [0.15, 0.2) is 0 Å². The van der Waals surface area contributed by atoms with Crippen molar-refractivity contribution in [1.82, 2.24) is 10.2 Å². The van der Waals surface area contributed by atoms with Gasteiger partial charge in [0.05, 0.1) is 6.04 Å². The van der Waals surface area contributed by atoms with Crippen LogP contribution in [-0.4, -0.2) is 43.3 Å². The van der Waals surface area contributed by atoms with Crippen molar-refractivity contribution >= 4 is 11.7 Å². The van der Waals surface area contributed by atoms with E-state index in [0.717, 1.165) is 32.2 Å². The second kappa shape index (κ2) is 6.88. The molecule has 1 N–H and O–H groups in total. The SMILES string of the molecule is CNCC1CCC(C(=O)N(C)C(C)C(C)=O)CC1. The summed E-state index contributed by atoms with van der Waals surface area (Å²) in [6, 6.07) is -0.299. The Morgan fingerprint density at radius 3 is 2.28 bits per heavy atom. The summed E-state index contributed by atoms with van der Waals surface area (Å²) in [6.45, 7) is 4.38. The molecule has 4 heteroatoms. The predicted molar refractivity (Wildman–Crippen MR) is 72.3 cm³/mol. The fraction of sp³-hybridized carbons (Fsp3) is 0.857. The highest BCUT2D eigenvalue weighted by atomic mass is 16.2. The number of carbonyl (C=O) groups excluding carboxylic acids is 2. The molecule has 1 aliphatic carbocycles. The van der Waals surface area contributed by atoms with Crippen molar-refractivity contribution in [2.24, 2.45) is 11.8 Å². The van der Waals surface area contributed by atoms with E-state index in [0.29, 0.717) is 5.92 Å². The summed E-state index contributed by atoms with van der Waals surface area (Å²) in [5.74, 6) is 1.01. The van der Waals surface area contributed by atoms with Gasteiger partial charge in [0, 0.05) is 13.0 Å². The van der Waals surface area contributed by atoms with Gasteiger partial charge in [-0.1, -0.05) is 0 Å². The number of hydrogen-bond acceptors (Lipinski definition) is 3. The molecule has 0 radical (unpaired) electrons. The third-order valence-corrected chi connectivity index (χ3v) is 4.21. The van der Waals surface area contributed by atoms with Gasteiger partial charge in [-0.3, -0.25) is 9.59 Å². The van der Waals surface area contributed by atoms with Gasteiger partial charge in [0.15, 0.2) is 5.78 Å². The summed E-state index contributed by atoms with van der Waals surface area (Å²) in [6.07, 6.45) is 4.14. The average Bonchev–Trinajstić information content (AvgIpc) is 2.37. The minimum Gasteiger partial charge on any atom is -0.336 e. The number of likely N-dealkylation sites (N-methyl/N-ethyl adjacent to an activating group) is 1. The second-order valence-corrected chi connectivity index (χ2v) is 5.51. The molecule has 1 amide bonds. The number of ketones is 1. The number of nitrogens with one attached hydrogen (secondary N) is 1. The van der Waals surface area contributed by atoms with Gasteiger partial charge in [-0.2, -0.15) is 0 Å². The normalized spacial score (nSPS) is 25.6. The Morgan fingerprint density at radius 2 is 1.83 bits per heavy atom. The Labute approximate surface area is 110 Å². The summed E-state index contributed by atoms with van der Waals surface area (Å²) in [7, 11) is 3.72. The van der Waals surface area contributed by atoms with Crippen molar-refractivity contribution < 1.29 is 9.59 Å². The standard InChI is InChI=1S/C14H26N2O2/c1-10(11(2)17)16(4)14(18)13-7-5-12(6-8-13)9-15-3/h10,12-13,15H,5-9H2,1-4H3. The number of nitrogens with zero attached hydrogens (tertiary/aromatic N) is 1. The first-order chi connectivity index (χ1) is 8.47. The van der Waals surface area contributed by atoms with Crippen molar-refractivity contribution in [2.45, 2.75) is 45.6 Å². The van der Waals surface area contributed by atoms with Gasteiger partial charge < -0.3 is 10.2 Å². The number of Topliss-reactive ketones (excluding diaryl/α,β-unsaturated/α-hetero) is 1. The van der Waals surface area contributed by atoms with Crippen LogP contribution in [0.3, 0.4) is 0 Å². The fourth-order valence-corrected chi connectivity index (χ4v) is 2.65. The minimum atomic E-state index is -0.299. The molecule has 1 aliphatic rings. The van der Waals surface area contributed by atoms with Gasteiger partial charge in [0.25, 0.3) is 0 Å². The number of hydrogen-bond donors (Lipinski definition) is 1. The molecule has 0 aromatic carbocycles. The molecule has 1 atom stereocenters. The van der Waals surface area contributed by atoms with Crippen LogP contribution in [0.2, 0.25) is 0 Å². The Bertz CT molecular complexity index is 296. The summed E-state index contributed by atoms with van der Waals surface area (Å²) < 4.78 is 0. The zero-order valence-electron chi connectivity index (χ0n) is 12.0. The average molecular weight is 254 g/mol. The summed E-state index contributed by atoms with van der Waals surface area (Å²) >= 11 is 0. The third-order valence-electron chi connectivity index (χ3n) is 4.21. The van der Waals surface area contributed by atoms with Crippen LogP contribution in [0.1, 0.15) is 39.5 Å². The van der Waals surface area contributed by atoms with Crippen LogP contribution in [0.4, 0.5) is 0 Å². The molecular formula is C14H26N2O2. The van der Waals surface area contributed by atoms with E-state index >= 15 is 0 Å². The number of rotatable bonds is 5. The highest BCUT2D eigenvalue weighted by Gasteiger charge is 2.30. The Kier molecular flexibility index (Phi) is 5.79. The van der Waals surface area contributed by atoms with E-state index in [9.17, 15) is 9.59 Å². The van der Waals surface area contributed by atoms with E-state index in [2.05, 4.69) is 5.32 Å². The first kappa shape index (κ1) is 15.2. The zero-order chi connectivity index (χ0) is 13.7. The molecule has 0 spiro atoms. The lowest BCUT2D eigenvalue weighted by molar-refractivity contribution is -0.141. The number of carbonyl (C=O) groups is 2. The number of amides is 1. The first-order valence-corrected chi connectivity index (χ1v) is 6.89. The molecule has 0 aliphatic heterocycles. The lowest BCUT2D eigenvalue weighted by Crippen LogP contribution is -2.43. The third kappa shape index (κ3) is 3.80. The Hall–Kier alpha value is -0.900. The molecule has 1 fully saturated rings. The van der Waals surface area contributed by atoms with Crippen molar-refractivity contribution in [3.05, 3.63) is 0 Å². The maximum atomic E-state index is 12.3. The maximum absolute atomic E-state index is 12.3. The van der Waals surface area contributed by atoms with Crippen LogP contribution in [-0.2, 0) is 9.59 Å². The van der Waals surface area contributed by atoms with E-state index < -0.39 is 0 Å². The highest BCUT2D eigenvalue weighted by Crippen LogP contribution is 2.29. The molecule has 4 nitrogen and oxygen atoms in total. The molecule has 104 valence electrons. The van der Waals surface area contributed by atoms with E-state index in [1.54, 1.807) is 18.9 Å². The van der Waals surface area contributed by atoms with Gasteiger partial charge in [-0.15, -0.1) is 0 Å². The molecule has 1 rings (SSSR count). The molecule has 0 saturated heterocycles. The van der Waals surface area contributed by atoms with E-state index in [-0.39, 0.29) is 23.7 Å². The summed E-state index contributed by atoms with van der Waals surface area (Å²) in [5.41, 5.74) is 0. The van der Waals surface area contributed by atoms with Crippen LogP contribution >= 0.6 is 0 Å². The quantitative estimate of drug-likeness (QED) is 0.808. The lowest BCUT2D eigenvalue weighted by atomic mass is 9.81. The van der Waals surface area contributed by atoms with Crippen LogP contribution in [0.25, 0.3) is 0 Å². The highest BCUT2D eigenvalue weighted by molar-refractivity contribution is 5.87. The van der Waals surface area contributed by atoms with Gasteiger partial charge in [-0.05, 0) is 59.0 Å². The van der Waals surface area contributed by atoms with Gasteiger partial charge >= 0.3 is 0 Å². The van der Waals surface area contributed by atoms with Crippen LogP contribution in [0, 0.1) is 11.8 Å². The van der Waals surface area contributed by atoms with Crippen LogP contribution in [0.5, 0.6) is 0 Å². The first-order valence-electron chi connectivity index (χ1n) is 6.89. The van der Waals surface area contributed by atoms with Crippen molar-refractivity contribution in [3.63, 3.8) is 0 Å². The fourth-order valence-electron chi connectivity index (χ4n) is 2.65. The van der Waals surface area contributed by atoms with Gasteiger partial charge in [-0.25, -0.2) is 0 Å². The topological polar surface area (TPSA) is 49.4 Å². The van der Waals surface area contributed by atoms with Gasteiger partial charge in [0.1, 0.15) is 0 Å². The maximum Gasteiger partial charge on any atom is 0.226 e.